The van der Waals surface area contributed by atoms with E-state index in [1.54, 1.807) is 42.5 Å². The van der Waals surface area contributed by atoms with E-state index >= 15 is 0 Å². The summed E-state index contributed by atoms with van der Waals surface area (Å²) in [5.41, 5.74) is 0. The predicted molar refractivity (Wildman–Crippen MR) is 74.9 cm³/mol. The van der Waals surface area contributed by atoms with Crippen molar-refractivity contribution in [2.45, 2.75) is 9.79 Å². The Kier molecular flexibility index (Phi) is 4.49. The third-order valence-electron chi connectivity index (χ3n) is 2.46. The van der Waals surface area contributed by atoms with Crippen LogP contribution in [-0.2, 0) is 11.2 Å². The molecule has 0 radical (unpaired) electrons. The second-order valence-corrected chi connectivity index (χ2v) is 5.31. The lowest BCUT2D eigenvalue weighted by atomic mass is 10.3. The SMILES string of the molecule is C=CCOc1ccc([S+]([O-])c2ccc(O)cc2)cc1. The smallest absolute Gasteiger partial charge is 0.158 e. The van der Waals surface area contributed by atoms with Crippen LogP contribution >= 0.6 is 0 Å². The molecule has 0 fully saturated rings. The van der Waals surface area contributed by atoms with Crippen LogP contribution in [0.2, 0.25) is 0 Å². The summed E-state index contributed by atoms with van der Waals surface area (Å²) in [4.78, 5) is 1.34. The fourth-order valence-corrected chi connectivity index (χ4v) is 2.56. The van der Waals surface area contributed by atoms with Crippen molar-refractivity contribution in [3.8, 4) is 11.5 Å². The number of phenols is 1. The van der Waals surface area contributed by atoms with Gasteiger partial charge < -0.3 is 14.4 Å². The fourth-order valence-electron chi connectivity index (χ4n) is 1.52. The molecule has 0 aliphatic carbocycles. The van der Waals surface area contributed by atoms with Crippen molar-refractivity contribution in [1.29, 1.82) is 0 Å². The third-order valence-corrected chi connectivity index (χ3v) is 3.86. The van der Waals surface area contributed by atoms with E-state index in [0.717, 1.165) is 0 Å². The number of ether oxygens (including phenoxy) is 1. The van der Waals surface area contributed by atoms with Gasteiger partial charge in [0.15, 0.2) is 9.79 Å². The quantitative estimate of drug-likeness (QED) is 0.673. The third kappa shape index (κ3) is 3.53. The molecule has 19 heavy (non-hydrogen) atoms. The van der Waals surface area contributed by atoms with E-state index in [1.807, 2.05) is 0 Å². The van der Waals surface area contributed by atoms with E-state index in [0.29, 0.717) is 22.1 Å². The van der Waals surface area contributed by atoms with Crippen LogP contribution in [0.15, 0.2) is 71.0 Å². The minimum atomic E-state index is -1.26. The Balaban J connectivity index is 2.12. The van der Waals surface area contributed by atoms with Crippen molar-refractivity contribution in [1.82, 2.24) is 0 Å². The van der Waals surface area contributed by atoms with E-state index in [9.17, 15) is 9.66 Å². The molecule has 1 unspecified atom stereocenters. The molecule has 0 spiro atoms. The summed E-state index contributed by atoms with van der Waals surface area (Å²) < 4.78 is 17.6. The molecule has 2 aromatic rings. The highest BCUT2D eigenvalue weighted by atomic mass is 32.2. The minimum Gasteiger partial charge on any atom is -0.606 e. The number of hydrogen-bond donors (Lipinski definition) is 1. The first-order valence-electron chi connectivity index (χ1n) is 5.75. The molecule has 0 saturated carbocycles. The highest BCUT2D eigenvalue weighted by Crippen LogP contribution is 2.24. The summed E-state index contributed by atoms with van der Waals surface area (Å²) in [5.74, 6) is 0.875. The van der Waals surface area contributed by atoms with Crippen LogP contribution < -0.4 is 4.74 Å². The monoisotopic (exact) mass is 274 g/mol. The molecular weight excluding hydrogens is 260 g/mol. The Morgan fingerprint density at radius 1 is 1.05 bits per heavy atom. The fraction of sp³-hybridized carbons (Fsp3) is 0.0667. The Morgan fingerprint density at radius 3 is 2.11 bits per heavy atom. The average molecular weight is 274 g/mol. The Hall–Kier alpha value is -1.91. The maximum atomic E-state index is 12.3. The molecule has 2 rings (SSSR count). The molecule has 2 aromatic carbocycles. The summed E-state index contributed by atoms with van der Waals surface area (Å²) in [5, 5.41) is 9.20. The number of benzene rings is 2. The van der Waals surface area contributed by atoms with E-state index in [4.69, 9.17) is 4.74 Å². The van der Waals surface area contributed by atoms with Gasteiger partial charge in [0, 0.05) is 11.2 Å². The van der Waals surface area contributed by atoms with Crippen molar-refractivity contribution in [2.24, 2.45) is 0 Å². The largest absolute Gasteiger partial charge is 0.606 e. The van der Waals surface area contributed by atoms with E-state index in [1.165, 1.54) is 12.1 Å². The summed E-state index contributed by atoms with van der Waals surface area (Å²) >= 11 is -1.26. The topological polar surface area (TPSA) is 52.5 Å². The maximum Gasteiger partial charge on any atom is 0.158 e. The van der Waals surface area contributed by atoms with Crippen LogP contribution in [0.5, 0.6) is 11.5 Å². The second kappa shape index (κ2) is 6.31. The molecule has 4 heteroatoms. The number of aromatic hydroxyl groups is 1. The Morgan fingerprint density at radius 2 is 1.58 bits per heavy atom. The van der Waals surface area contributed by atoms with Gasteiger partial charge in [0.05, 0.1) is 0 Å². The predicted octanol–water partition coefficient (Wildman–Crippen LogP) is 3.12. The van der Waals surface area contributed by atoms with E-state index in [-0.39, 0.29) is 5.75 Å². The van der Waals surface area contributed by atoms with Crippen molar-refractivity contribution >= 4 is 11.2 Å². The Labute approximate surface area is 115 Å². The van der Waals surface area contributed by atoms with Gasteiger partial charge in [-0.2, -0.15) is 0 Å². The highest BCUT2D eigenvalue weighted by molar-refractivity contribution is 7.91. The summed E-state index contributed by atoms with van der Waals surface area (Å²) in [6, 6.07) is 13.4. The van der Waals surface area contributed by atoms with Crippen molar-refractivity contribution in [3.05, 3.63) is 61.2 Å². The average Bonchev–Trinajstić information content (AvgIpc) is 2.46. The van der Waals surface area contributed by atoms with Crippen molar-refractivity contribution in [2.75, 3.05) is 6.61 Å². The first kappa shape index (κ1) is 13.5. The molecule has 0 aliphatic heterocycles. The van der Waals surface area contributed by atoms with Gasteiger partial charge in [-0.05, 0) is 48.5 Å². The van der Waals surface area contributed by atoms with Crippen LogP contribution in [0.3, 0.4) is 0 Å². The van der Waals surface area contributed by atoms with E-state index < -0.39 is 11.2 Å². The summed E-state index contributed by atoms with van der Waals surface area (Å²) in [6.45, 7) is 4.02. The van der Waals surface area contributed by atoms with Crippen LogP contribution in [0.4, 0.5) is 0 Å². The number of phenolic OH excluding ortho intramolecular Hbond substituents is 1. The zero-order valence-electron chi connectivity index (χ0n) is 10.3. The van der Waals surface area contributed by atoms with Gasteiger partial charge in [0.1, 0.15) is 18.1 Å². The van der Waals surface area contributed by atoms with Gasteiger partial charge in [-0.1, -0.05) is 12.7 Å². The lowest BCUT2D eigenvalue weighted by molar-refractivity contribution is 0.363. The number of hydrogen-bond acceptors (Lipinski definition) is 3. The molecule has 0 aliphatic rings. The van der Waals surface area contributed by atoms with Gasteiger partial charge in [0.2, 0.25) is 0 Å². The van der Waals surface area contributed by atoms with Crippen LogP contribution in [0.1, 0.15) is 0 Å². The zero-order chi connectivity index (χ0) is 13.7. The molecular formula is C15H14O3S. The summed E-state index contributed by atoms with van der Waals surface area (Å²) in [7, 11) is 0. The zero-order valence-corrected chi connectivity index (χ0v) is 11.1. The van der Waals surface area contributed by atoms with Gasteiger partial charge >= 0.3 is 0 Å². The summed E-state index contributed by atoms with van der Waals surface area (Å²) in [6.07, 6.45) is 1.67. The first-order chi connectivity index (χ1) is 9.20. The van der Waals surface area contributed by atoms with Crippen molar-refractivity contribution < 1.29 is 14.4 Å². The molecule has 1 N–H and O–H groups in total. The van der Waals surface area contributed by atoms with Crippen molar-refractivity contribution in [3.63, 3.8) is 0 Å². The van der Waals surface area contributed by atoms with Gasteiger partial charge in [-0.25, -0.2) is 0 Å². The second-order valence-electron chi connectivity index (χ2n) is 3.83. The minimum absolute atomic E-state index is 0.161. The van der Waals surface area contributed by atoms with Crippen LogP contribution in [-0.4, -0.2) is 16.3 Å². The molecule has 98 valence electrons. The molecule has 0 amide bonds. The normalized spacial score (nSPS) is 11.8. The number of rotatable bonds is 5. The maximum absolute atomic E-state index is 12.3. The van der Waals surface area contributed by atoms with Crippen LogP contribution in [0.25, 0.3) is 0 Å². The highest BCUT2D eigenvalue weighted by Gasteiger charge is 2.14. The Bertz CT molecular complexity index is 534. The van der Waals surface area contributed by atoms with E-state index in [2.05, 4.69) is 6.58 Å². The molecule has 0 saturated heterocycles. The molecule has 0 aromatic heterocycles. The lowest BCUT2D eigenvalue weighted by Crippen LogP contribution is -2.02. The lowest BCUT2D eigenvalue weighted by Gasteiger charge is -2.10. The van der Waals surface area contributed by atoms with Gasteiger partial charge in [0.25, 0.3) is 0 Å². The standard InChI is InChI=1S/C15H14O3S/c1-2-11-18-13-5-9-15(10-6-13)19(17)14-7-3-12(16)4-8-14/h2-10,16H,1,11H2. The van der Waals surface area contributed by atoms with Gasteiger partial charge in [-0.15, -0.1) is 0 Å². The molecule has 1 atom stereocenters. The molecule has 0 bridgehead atoms. The molecule has 0 heterocycles. The molecule has 3 nitrogen and oxygen atoms in total. The van der Waals surface area contributed by atoms with Crippen LogP contribution in [0, 0.1) is 0 Å². The first-order valence-corrected chi connectivity index (χ1v) is 6.90. The van der Waals surface area contributed by atoms with Gasteiger partial charge in [-0.3, -0.25) is 0 Å².